The lowest BCUT2D eigenvalue weighted by Crippen LogP contribution is -2.40. The minimum atomic E-state index is -3.73. The first-order valence-corrected chi connectivity index (χ1v) is 8.56. The van der Waals surface area contributed by atoms with Crippen molar-refractivity contribution in [1.82, 2.24) is 0 Å². The van der Waals surface area contributed by atoms with Gasteiger partial charge in [-0.05, 0) is 11.8 Å². The van der Waals surface area contributed by atoms with Gasteiger partial charge in [-0.15, -0.1) is 0 Å². The summed E-state index contributed by atoms with van der Waals surface area (Å²) in [6, 6.07) is 0. The zero-order valence-corrected chi connectivity index (χ0v) is 13.2. The second-order valence-corrected chi connectivity index (χ2v) is 8.27. The minimum absolute atomic E-state index is 0.0798. The SMILES string of the molecule is C=CC(=O)OCC(=O)OC1C2CC3OS(=O)(=O)C1C3C2(C)C. The van der Waals surface area contributed by atoms with Crippen molar-refractivity contribution in [3.05, 3.63) is 12.7 Å². The Labute approximate surface area is 128 Å². The third-order valence-electron chi connectivity index (χ3n) is 5.13. The van der Waals surface area contributed by atoms with Gasteiger partial charge in [-0.3, -0.25) is 4.18 Å². The Morgan fingerprint density at radius 3 is 2.73 bits per heavy atom. The van der Waals surface area contributed by atoms with Gasteiger partial charge in [0, 0.05) is 17.9 Å². The molecule has 0 spiro atoms. The Bertz CT molecular complexity index is 636. The van der Waals surface area contributed by atoms with Crippen molar-refractivity contribution >= 4 is 22.1 Å². The summed E-state index contributed by atoms with van der Waals surface area (Å²) in [6.07, 6.45) is 0.424. The van der Waals surface area contributed by atoms with E-state index in [0.29, 0.717) is 6.42 Å². The van der Waals surface area contributed by atoms with Crippen LogP contribution in [0.4, 0.5) is 0 Å². The summed E-state index contributed by atoms with van der Waals surface area (Å²) in [4.78, 5) is 22.8. The van der Waals surface area contributed by atoms with Gasteiger partial charge >= 0.3 is 11.9 Å². The van der Waals surface area contributed by atoms with Gasteiger partial charge in [0.05, 0.1) is 6.10 Å². The molecule has 0 radical (unpaired) electrons. The predicted octanol–water partition coefficient (Wildman–Crippen LogP) is 0.401. The molecule has 3 aliphatic rings. The second-order valence-electron chi connectivity index (χ2n) is 6.55. The highest BCUT2D eigenvalue weighted by molar-refractivity contribution is 7.87. The van der Waals surface area contributed by atoms with E-state index in [0.717, 1.165) is 6.08 Å². The Morgan fingerprint density at radius 1 is 1.41 bits per heavy atom. The van der Waals surface area contributed by atoms with Crippen LogP contribution in [0.1, 0.15) is 20.3 Å². The van der Waals surface area contributed by atoms with Gasteiger partial charge in [0.25, 0.3) is 10.1 Å². The molecule has 0 aromatic rings. The van der Waals surface area contributed by atoms with Gasteiger partial charge in [0.15, 0.2) is 6.61 Å². The number of carbonyl (C=O) groups excluding carboxylic acids is 2. The van der Waals surface area contributed by atoms with Crippen LogP contribution in [-0.4, -0.2) is 44.4 Å². The smallest absolute Gasteiger partial charge is 0.344 e. The maximum absolute atomic E-state index is 12.2. The molecule has 3 rings (SSSR count). The lowest BCUT2D eigenvalue weighted by molar-refractivity contribution is -0.162. The van der Waals surface area contributed by atoms with Gasteiger partial charge in [0.1, 0.15) is 11.4 Å². The molecule has 0 aromatic heterocycles. The van der Waals surface area contributed by atoms with Crippen LogP contribution >= 0.6 is 0 Å². The van der Waals surface area contributed by atoms with E-state index in [1.54, 1.807) is 0 Å². The van der Waals surface area contributed by atoms with Crippen molar-refractivity contribution in [2.45, 2.75) is 37.7 Å². The molecule has 2 saturated carbocycles. The number of rotatable bonds is 4. The number of esters is 2. The lowest BCUT2D eigenvalue weighted by atomic mass is 9.81. The first-order chi connectivity index (χ1) is 10.2. The van der Waals surface area contributed by atoms with E-state index in [2.05, 4.69) is 11.3 Å². The Morgan fingerprint density at radius 2 is 2.09 bits per heavy atom. The molecule has 3 fully saturated rings. The molecule has 2 bridgehead atoms. The lowest BCUT2D eigenvalue weighted by Gasteiger charge is -2.26. The van der Waals surface area contributed by atoms with Gasteiger partial charge < -0.3 is 9.47 Å². The van der Waals surface area contributed by atoms with E-state index in [4.69, 9.17) is 8.92 Å². The maximum Gasteiger partial charge on any atom is 0.344 e. The van der Waals surface area contributed by atoms with E-state index in [1.165, 1.54) is 0 Å². The standard InChI is InChI=1S/C14H18O7S/c1-4-9(15)19-6-10(16)20-12-7-5-8-11(14(7,2)3)13(12)22(17,18)21-8/h4,7-8,11-13H,1,5-6H2,2-3H3. The fraction of sp³-hybridized carbons (Fsp3) is 0.714. The highest BCUT2D eigenvalue weighted by atomic mass is 32.2. The van der Waals surface area contributed by atoms with E-state index >= 15 is 0 Å². The van der Waals surface area contributed by atoms with Crippen LogP contribution < -0.4 is 0 Å². The summed E-state index contributed by atoms with van der Waals surface area (Å²) in [6.45, 7) is 6.61. The average Bonchev–Trinajstić information content (AvgIpc) is 2.88. The minimum Gasteiger partial charge on any atom is -0.458 e. The van der Waals surface area contributed by atoms with E-state index in [9.17, 15) is 18.0 Å². The Hall–Kier alpha value is -1.41. The van der Waals surface area contributed by atoms with Crippen LogP contribution in [0.3, 0.4) is 0 Å². The number of hydrogen-bond acceptors (Lipinski definition) is 7. The highest BCUT2D eigenvalue weighted by Gasteiger charge is 2.73. The van der Waals surface area contributed by atoms with Gasteiger partial charge in [0.2, 0.25) is 0 Å². The molecule has 0 aromatic carbocycles. The fourth-order valence-electron chi connectivity index (χ4n) is 4.26. The van der Waals surface area contributed by atoms with Crippen molar-refractivity contribution in [1.29, 1.82) is 0 Å². The molecule has 5 unspecified atom stereocenters. The number of hydrogen-bond donors (Lipinski definition) is 0. The molecule has 2 aliphatic carbocycles. The average molecular weight is 330 g/mol. The van der Waals surface area contributed by atoms with Crippen LogP contribution in [-0.2, 0) is 33.4 Å². The van der Waals surface area contributed by atoms with E-state index < -0.39 is 40.0 Å². The monoisotopic (exact) mass is 330 g/mol. The number of ether oxygens (including phenoxy) is 2. The zero-order valence-electron chi connectivity index (χ0n) is 12.4. The summed E-state index contributed by atoms with van der Waals surface area (Å²) in [5, 5.41) is -0.828. The summed E-state index contributed by atoms with van der Waals surface area (Å²) < 4.78 is 39.4. The van der Waals surface area contributed by atoms with Crippen molar-refractivity contribution in [2.24, 2.45) is 17.3 Å². The summed E-state index contributed by atoms with van der Waals surface area (Å²) >= 11 is 0. The molecule has 1 heterocycles. The fourth-order valence-corrected chi connectivity index (χ4v) is 6.39. The van der Waals surface area contributed by atoms with Crippen LogP contribution in [0.25, 0.3) is 0 Å². The highest BCUT2D eigenvalue weighted by Crippen LogP contribution is 2.64. The van der Waals surface area contributed by atoms with Crippen LogP contribution in [0.2, 0.25) is 0 Å². The van der Waals surface area contributed by atoms with Crippen LogP contribution in [0.15, 0.2) is 12.7 Å². The maximum atomic E-state index is 12.2. The molecule has 0 amide bonds. The molecule has 22 heavy (non-hydrogen) atoms. The van der Waals surface area contributed by atoms with Gasteiger partial charge in [-0.25, -0.2) is 9.59 Å². The van der Waals surface area contributed by atoms with Crippen molar-refractivity contribution < 1.29 is 31.7 Å². The first kappa shape index (κ1) is 15.5. The second kappa shape index (κ2) is 4.79. The van der Waals surface area contributed by atoms with Crippen molar-refractivity contribution in [3.63, 3.8) is 0 Å². The molecule has 5 atom stereocenters. The van der Waals surface area contributed by atoms with Crippen molar-refractivity contribution in [2.75, 3.05) is 6.61 Å². The molecule has 0 N–H and O–H groups in total. The first-order valence-electron chi connectivity index (χ1n) is 7.09. The molecular formula is C14H18O7S. The summed E-state index contributed by atoms with van der Waals surface area (Å²) in [5.74, 6) is -1.75. The third-order valence-corrected chi connectivity index (χ3v) is 6.88. The number of carbonyl (C=O) groups is 2. The van der Waals surface area contributed by atoms with Crippen LogP contribution in [0, 0.1) is 17.3 Å². The van der Waals surface area contributed by atoms with Gasteiger partial charge in [-0.1, -0.05) is 20.4 Å². The van der Waals surface area contributed by atoms with E-state index in [1.807, 2.05) is 13.8 Å². The normalized spacial score (nSPS) is 39.5. The Balaban J connectivity index is 1.76. The predicted molar refractivity (Wildman–Crippen MR) is 74.0 cm³/mol. The zero-order chi connectivity index (χ0) is 16.3. The molecule has 1 saturated heterocycles. The number of fused-ring (bicyclic) bond motifs is 1. The molecule has 8 heteroatoms. The van der Waals surface area contributed by atoms with Crippen molar-refractivity contribution in [3.8, 4) is 0 Å². The topological polar surface area (TPSA) is 96.0 Å². The van der Waals surface area contributed by atoms with Gasteiger partial charge in [-0.2, -0.15) is 8.42 Å². The molecule has 7 nitrogen and oxygen atoms in total. The summed E-state index contributed by atoms with van der Waals surface area (Å²) in [5.41, 5.74) is -0.276. The largest absolute Gasteiger partial charge is 0.458 e. The summed E-state index contributed by atoms with van der Waals surface area (Å²) in [7, 11) is -3.73. The van der Waals surface area contributed by atoms with Crippen LogP contribution in [0.5, 0.6) is 0 Å². The molecule has 122 valence electrons. The molecular weight excluding hydrogens is 312 g/mol. The van der Waals surface area contributed by atoms with E-state index in [-0.39, 0.29) is 23.4 Å². The molecule has 1 aliphatic heterocycles. The Kier molecular flexibility index (Phi) is 3.37. The quantitative estimate of drug-likeness (QED) is 0.418. The third kappa shape index (κ3) is 2.08.